The molecule has 4 rings (SSSR count). The fourth-order valence-electron chi connectivity index (χ4n) is 4.83. The Kier molecular flexibility index (Phi) is 4.23. The maximum Gasteiger partial charge on any atom is 0.274 e. The Morgan fingerprint density at radius 1 is 1.40 bits per heavy atom. The summed E-state index contributed by atoms with van der Waals surface area (Å²) in [7, 11) is 1.92. The lowest BCUT2D eigenvalue weighted by atomic mass is 9.54. The molecule has 6 heteroatoms. The number of fused-ring (bicyclic) bond motifs is 1. The number of hydrogen-bond acceptors (Lipinski definition) is 4. The van der Waals surface area contributed by atoms with E-state index in [-0.39, 0.29) is 17.4 Å². The summed E-state index contributed by atoms with van der Waals surface area (Å²) in [6.07, 6.45) is 12.6. The molecular weight excluding hydrogens is 316 g/mol. The second-order valence-corrected chi connectivity index (χ2v) is 7.36. The van der Waals surface area contributed by atoms with Gasteiger partial charge in [-0.1, -0.05) is 19.3 Å². The number of carbonyl (C=O) groups is 1. The largest absolute Gasteiger partial charge is 0.378 e. The van der Waals surface area contributed by atoms with E-state index in [4.69, 9.17) is 4.74 Å². The molecule has 2 aliphatic rings. The first-order valence-electron chi connectivity index (χ1n) is 9.34. The molecule has 0 saturated heterocycles. The summed E-state index contributed by atoms with van der Waals surface area (Å²) >= 11 is 0. The monoisotopic (exact) mass is 342 g/mol. The Balaban J connectivity index is 1.56. The van der Waals surface area contributed by atoms with E-state index in [0.29, 0.717) is 17.6 Å². The third-order valence-corrected chi connectivity index (χ3v) is 6.14. The molecule has 2 atom stereocenters. The van der Waals surface area contributed by atoms with E-state index in [1.54, 1.807) is 16.8 Å². The molecule has 2 aromatic rings. The van der Waals surface area contributed by atoms with Crippen molar-refractivity contribution >= 4 is 11.7 Å². The van der Waals surface area contributed by atoms with Crippen LogP contribution in [-0.4, -0.2) is 51.0 Å². The van der Waals surface area contributed by atoms with Gasteiger partial charge in [-0.15, -0.1) is 0 Å². The normalized spacial score (nSPS) is 25.0. The number of amides is 1. The fraction of sp³-hybridized carbons (Fsp3) is 0.632. The molecule has 2 aromatic heterocycles. The zero-order valence-electron chi connectivity index (χ0n) is 15.0. The summed E-state index contributed by atoms with van der Waals surface area (Å²) in [6.45, 7) is 2.80. The average Bonchev–Trinajstić information content (AvgIpc) is 3.08. The van der Waals surface area contributed by atoms with Gasteiger partial charge in [0, 0.05) is 43.7 Å². The molecule has 0 bridgehead atoms. The van der Waals surface area contributed by atoms with E-state index < -0.39 is 0 Å². The number of carbonyl (C=O) groups excluding carboxylic acids is 1. The number of imidazole rings is 1. The van der Waals surface area contributed by atoms with Crippen LogP contribution in [0.4, 0.5) is 0 Å². The van der Waals surface area contributed by atoms with Gasteiger partial charge in [0.25, 0.3) is 5.91 Å². The summed E-state index contributed by atoms with van der Waals surface area (Å²) < 4.78 is 7.81. The third kappa shape index (κ3) is 2.63. The zero-order valence-corrected chi connectivity index (χ0v) is 15.0. The van der Waals surface area contributed by atoms with Gasteiger partial charge in [0.05, 0.1) is 6.10 Å². The average molecular weight is 342 g/mol. The standard InChI is InChI=1S/C19H26N4O2/c1-3-25-16-12-15(19(16)8-5-4-6-9-19)22(2)17(24)14-13-23-11-7-10-20-18(23)21-14/h7,10-11,13,15-16H,3-6,8-9,12H2,1-2H3/t15-,16-/m0/s1. The van der Waals surface area contributed by atoms with Gasteiger partial charge in [0.15, 0.2) is 0 Å². The van der Waals surface area contributed by atoms with E-state index in [1.807, 2.05) is 24.2 Å². The van der Waals surface area contributed by atoms with Gasteiger partial charge >= 0.3 is 0 Å². The van der Waals surface area contributed by atoms with Gasteiger partial charge in [-0.05, 0) is 32.3 Å². The molecule has 0 radical (unpaired) electrons. The third-order valence-electron chi connectivity index (χ3n) is 6.14. The van der Waals surface area contributed by atoms with Crippen LogP contribution in [0.2, 0.25) is 0 Å². The highest BCUT2D eigenvalue weighted by Gasteiger charge is 2.57. The molecule has 2 fully saturated rings. The van der Waals surface area contributed by atoms with E-state index >= 15 is 0 Å². The Labute approximate surface area is 148 Å². The molecule has 25 heavy (non-hydrogen) atoms. The predicted octanol–water partition coefficient (Wildman–Crippen LogP) is 2.93. The van der Waals surface area contributed by atoms with Crippen molar-refractivity contribution in [3.05, 3.63) is 30.4 Å². The van der Waals surface area contributed by atoms with Gasteiger partial charge in [-0.2, -0.15) is 0 Å². The lowest BCUT2D eigenvalue weighted by molar-refractivity contribution is -0.170. The van der Waals surface area contributed by atoms with Gasteiger partial charge in [-0.3, -0.25) is 9.20 Å². The van der Waals surface area contributed by atoms with Gasteiger partial charge in [-0.25, -0.2) is 9.97 Å². The van der Waals surface area contributed by atoms with Crippen LogP contribution in [0.1, 0.15) is 55.9 Å². The Hall–Kier alpha value is -1.95. The molecule has 0 aromatic carbocycles. The molecule has 134 valence electrons. The first kappa shape index (κ1) is 16.5. The van der Waals surface area contributed by atoms with E-state index in [0.717, 1.165) is 25.9 Å². The van der Waals surface area contributed by atoms with Crippen molar-refractivity contribution in [2.24, 2.45) is 5.41 Å². The van der Waals surface area contributed by atoms with Gasteiger partial charge in [0.2, 0.25) is 5.78 Å². The molecule has 2 aliphatic carbocycles. The minimum absolute atomic E-state index is 0.0182. The summed E-state index contributed by atoms with van der Waals surface area (Å²) in [6, 6.07) is 2.08. The van der Waals surface area contributed by atoms with Crippen LogP contribution in [0.15, 0.2) is 24.7 Å². The first-order chi connectivity index (χ1) is 12.2. The van der Waals surface area contributed by atoms with E-state index in [1.165, 1.54) is 19.3 Å². The number of ether oxygens (including phenoxy) is 1. The maximum absolute atomic E-state index is 13.0. The topological polar surface area (TPSA) is 59.7 Å². The SMILES string of the molecule is CCO[C@H]1C[C@H](N(C)C(=O)c2cn3cccnc3n2)C12CCCCC2. The molecule has 0 aliphatic heterocycles. The van der Waals surface area contributed by atoms with Crippen molar-refractivity contribution in [3.8, 4) is 0 Å². The van der Waals surface area contributed by atoms with Crippen molar-refractivity contribution < 1.29 is 9.53 Å². The maximum atomic E-state index is 13.0. The lowest BCUT2D eigenvalue weighted by Crippen LogP contribution is -2.65. The van der Waals surface area contributed by atoms with Crippen molar-refractivity contribution in [2.75, 3.05) is 13.7 Å². The van der Waals surface area contributed by atoms with E-state index in [2.05, 4.69) is 16.9 Å². The van der Waals surface area contributed by atoms with Crippen molar-refractivity contribution in [1.82, 2.24) is 19.3 Å². The smallest absolute Gasteiger partial charge is 0.274 e. The highest BCUT2D eigenvalue weighted by atomic mass is 16.5. The Morgan fingerprint density at radius 2 is 2.20 bits per heavy atom. The molecule has 0 N–H and O–H groups in total. The molecule has 6 nitrogen and oxygen atoms in total. The quantitative estimate of drug-likeness (QED) is 0.857. The summed E-state index contributed by atoms with van der Waals surface area (Å²) in [5.41, 5.74) is 0.600. The van der Waals surface area contributed by atoms with Gasteiger partial charge < -0.3 is 9.64 Å². The zero-order chi connectivity index (χ0) is 17.4. The van der Waals surface area contributed by atoms with Crippen LogP contribution in [0.3, 0.4) is 0 Å². The van der Waals surface area contributed by atoms with Crippen molar-refractivity contribution in [3.63, 3.8) is 0 Å². The summed E-state index contributed by atoms with van der Waals surface area (Å²) in [5, 5.41) is 0. The second kappa shape index (κ2) is 6.41. The van der Waals surface area contributed by atoms with Crippen LogP contribution >= 0.6 is 0 Å². The van der Waals surface area contributed by atoms with Crippen LogP contribution in [0.25, 0.3) is 5.78 Å². The van der Waals surface area contributed by atoms with Crippen LogP contribution < -0.4 is 0 Å². The van der Waals surface area contributed by atoms with E-state index in [9.17, 15) is 4.79 Å². The van der Waals surface area contributed by atoms with Crippen molar-refractivity contribution in [2.45, 2.75) is 57.6 Å². The predicted molar refractivity (Wildman–Crippen MR) is 94.4 cm³/mol. The molecule has 2 saturated carbocycles. The highest BCUT2D eigenvalue weighted by Crippen LogP contribution is 2.55. The first-order valence-corrected chi connectivity index (χ1v) is 9.34. The number of nitrogens with zero attached hydrogens (tertiary/aromatic N) is 4. The minimum Gasteiger partial charge on any atom is -0.378 e. The molecule has 2 heterocycles. The summed E-state index contributed by atoms with van der Waals surface area (Å²) in [5.74, 6) is 0.544. The van der Waals surface area contributed by atoms with Crippen LogP contribution in [0.5, 0.6) is 0 Å². The summed E-state index contributed by atoms with van der Waals surface area (Å²) in [4.78, 5) is 23.5. The van der Waals surface area contributed by atoms with Crippen LogP contribution in [-0.2, 0) is 4.74 Å². The lowest BCUT2D eigenvalue weighted by Gasteiger charge is -2.60. The molecule has 1 spiro atoms. The van der Waals surface area contributed by atoms with Gasteiger partial charge in [0.1, 0.15) is 5.69 Å². The van der Waals surface area contributed by atoms with Crippen molar-refractivity contribution in [1.29, 1.82) is 0 Å². The molecule has 1 amide bonds. The van der Waals surface area contributed by atoms with Crippen LogP contribution in [0, 0.1) is 5.41 Å². The number of hydrogen-bond donors (Lipinski definition) is 0. The minimum atomic E-state index is -0.0182. The number of aromatic nitrogens is 3. The second-order valence-electron chi connectivity index (χ2n) is 7.36. The Morgan fingerprint density at radius 3 is 2.92 bits per heavy atom. The highest BCUT2D eigenvalue weighted by molar-refractivity contribution is 5.93. The molecule has 0 unspecified atom stereocenters. The fourth-order valence-corrected chi connectivity index (χ4v) is 4.83. The number of rotatable bonds is 4. The molecular formula is C19H26N4O2. The Bertz CT molecular complexity index is 733.